The standard InChI is InChI=1S/C28H32N2O3/c1-20-9-8-12-24(15-20)18-30(25(28(32)29-4)17-23-10-6-5-7-11-23)27(31)19-33-26-16-21(2)13-14-22(26)3/h5-16,25H,17-19H2,1-4H3,(H,29,32)/t25-/m0/s1. The Balaban J connectivity index is 1.89. The zero-order chi connectivity index (χ0) is 23.8. The van der Waals surface area contributed by atoms with E-state index in [-0.39, 0.29) is 18.4 Å². The molecule has 0 fully saturated rings. The van der Waals surface area contributed by atoms with E-state index in [9.17, 15) is 9.59 Å². The van der Waals surface area contributed by atoms with E-state index in [0.717, 1.165) is 27.8 Å². The fourth-order valence-electron chi connectivity index (χ4n) is 3.81. The normalized spacial score (nSPS) is 11.5. The Morgan fingerprint density at radius 3 is 2.27 bits per heavy atom. The van der Waals surface area contributed by atoms with Crippen LogP contribution in [0.5, 0.6) is 5.75 Å². The number of rotatable bonds is 9. The van der Waals surface area contributed by atoms with E-state index >= 15 is 0 Å². The highest BCUT2D eigenvalue weighted by Gasteiger charge is 2.30. The Morgan fingerprint density at radius 2 is 1.58 bits per heavy atom. The molecular weight excluding hydrogens is 412 g/mol. The van der Waals surface area contributed by atoms with Gasteiger partial charge in [0.1, 0.15) is 11.8 Å². The number of carbonyl (C=O) groups excluding carboxylic acids is 2. The van der Waals surface area contributed by atoms with Crippen LogP contribution in [0.4, 0.5) is 0 Å². The van der Waals surface area contributed by atoms with Crippen LogP contribution in [-0.2, 0) is 22.6 Å². The van der Waals surface area contributed by atoms with Gasteiger partial charge < -0.3 is 15.0 Å². The van der Waals surface area contributed by atoms with Crippen LogP contribution < -0.4 is 10.1 Å². The van der Waals surface area contributed by atoms with E-state index in [2.05, 4.69) is 5.32 Å². The van der Waals surface area contributed by atoms with Gasteiger partial charge in [-0.15, -0.1) is 0 Å². The molecule has 0 radical (unpaired) electrons. The van der Waals surface area contributed by atoms with Gasteiger partial charge in [-0.05, 0) is 49.1 Å². The number of hydrogen-bond donors (Lipinski definition) is 1. The number of ether oxygens (including phenoxy) is 1. The number of hydrogen-bond acceptors (Lipinski definition) is 3. The maximum Gasteiger partial charge on any atom is 0.261 e. The molecule has 0 aliphatic rings. The van der Waals surface area contributed by atoms with Crippen LogP contribution in [0.3, 0.4) is 0 Å². The van der Waals surface area contributed by atoms with Crippen molar-refractivity contribution in [3.8, 4) is 5.75 Å². The quantitative estimate of drug-likeness (QED) is 0.533. The fourth-order valence-corrected chi connectivity index (χ4v) is 3.81. The Morgan fingerprint density at radius 1 is 0.879 bits per heavy atom. The zero-order valence-electron chi connectivity index (χ0n) is 19.8. The van der Waals surface area contributed by atoms with Crippen molar-refractivity contribution in [3.05, 3.63) is 101 Å². The largest absolute Gasteiger partial charge is 0.483 e. The number of likely N-dealkylation sites (N-methyl/N-ethyl adjacent to an activating group) is 1. The highest BCUT2D eigenvalue weighted by Crippen LogP contribution is 2.20. The number of nitrogens with one attached hydrogen (secondary N) is 1. The van der Waals surface area contributed by atoms with E-state index in [1.807, 2.05) is 93.6 Å². The van der Waals surface area contributed by atoms with Gasteiger partial charge in [0.25, 0.3) is 5.91 Å². The Hall–Kier alpha value is -3.60. The van der Waals surface area contributed by atoms with Crippen LogP contribution in [0.15, 0.2) is 72.8 Å². The first-order valence-electron chi connectivity index (χ1n) is 11.2. The molecule has 3 aromatic rings. The van der Waals surface area contributed by atoms with Gasteiger partial charge in [0.15, 0.2) is 6.61 Å². The predicted octanol–water partition coefficient (Wildman–Crippen LogP) is 4.38. The molecule has 0 aliphatic carbocycles. The zero-order valence-corrected chi connectivity index (χ0v) is 19.8. The van der Waals surface area contributed by atoms with Crippen molar-refractivity contribution in [2.24, 2.45) is 0 Å². The summed E-state index contributed by atoms with van der Waals surface area (Å²) in [6.45, 7) is 6.13. The van der Waals surface area contributed by atoms with Gasteiger partial charge in [-0.1, -0.05) is 72.3 Å². The molecule has 0 aromatic heterocycles. The topological polar surface area (TPSA) is 58.6 Å². The summed E-state index contributed by atoms with van der Waals surface area (Å²) in [6.07, 6.45) is 0.418. The molecule has 0 spiro atoms. The summed E-state index contributed by atoms with van der Waals surface area (Å²) in [5.41, 5.74) is 5.09. The van der Waals surface area contributed by atoms with Crippen molar-refractivity contribution in [2.45, 2.75) is 39.8 Å². The monoisotopic (exact) mass is 444 g/mol. The lowest BCUT2D eigenvalue weighted by Crippen LogP contribution is -2.51. The Bertz CT molecular complexity index is 1100. The van der Waals surface area contributed by atoms with Crippen molar-refractivity contribution in [3.63, 3.8) is 0 Å². The average molecular weight is 445 g/mol. The minimum absolute atomic E-state index is 0.140. The third kappa shape index (κ3) is 6.69. The molecule has 1 N–H and O–H groups in total. The number of carbonyl (C=O) groups is 2. The lowest BCUT2D eigenvalue weighted by molar-refractivity contribution is -0.142. The summed E-state index contributed by atoms with van der Waals surface area (Å²) in [4.78, 5) is 28.1. The summed E-state index contributed by atoms with van der Waals surface area (Å²) in [5.74, 6) is 0.243. The molecule has 1 atom stereocenters. The number of benzene rings is 3. The third-order valence-electron chi connectivity index (χ3n) is 5.65. The first-order valence-corrected chi connectivity index (χ1v) is 11.2. The molecule has 0 bridgehead atoms. The molecule has 3 rings (SSSR count). The van der Waals surface area contributed by atoms with Crippen molar-refractivity contribution in [1.29, 1.82) is 0 Å². The molecule has 2 amide bonds. The summed E-state index contributed by atoms with van der Waals surface area (Å²) in [7, 11) is 1.60. The highest BCUT2D eigenvalue weighted by molar-refractivity contribution is 5.88. The SMILES string of the molecule is CNC(=O)[C@H](Cc1ccccc1)N(Cc1cccc(C)c1)C(=O)COc1cc(C)ccc1C. The third-order valence-corrected chi connectivity index (χ3v) is 5.65. The van der Waals surface area contributed by atoms with Gasteiger partial charge in [0.05, 0.1) is 0 Å². The second-order valence-corrected chi connectivity index (χ2v) is 8.39. The van der Waals surface area contributed by atoms with Gasteiger partial charge in [-0.25, -0.2) is 0 Å². The van der Waals surface area contributed by atoms with Crippen LogP contribution in [0.1, 0.15) is 27.8 Å². The molecule has 0 saturated carbocycles. The molecule has 33 heavy (non-hydrogen) atoms. The van der Waals surface area contributed by atoms with Crippen LogP contribution in [-0.4, -0.2) is 36.4 Å². The van der Waals surface area contributed by atoms with Crippen LogP contribution in [0.25, 0.3) is 0 Å². The van der Waals surface area contributed by atoms with Gasteiger partial charge in [0, 0.05) is 20.0 Å². The van der Waals surface area contributed by atoms with Crippen molar-refractivity contribution in [2.75, 3.05) is 13.7 Å². The van der Waals surface area contributed by atoms with E-state index in [1.165, 1.54) is 0 Å². The predicted molar refractivity (Wildman–Crippen MR) is 131 cm³/mol. The van der Waals surface area contributed by atoms with E-state index in [0.29, 0.717) is 18.7 Å². The maximum absolute atomic E-state index is 13.5. The first-order chi connectivity index (χ1) is 15.9. The van der Waals surface area contributed by atoms with Crippen LogP contribution in [0.2, 0.25) is 0 Å². The van der Waals surface area contributed by atoms with Crippen LogP contribution in [0, 0.1) is 20.8 Å². The summed E-state index contributed by atoms with van der Waals surface area (Å²) >= 11 is 0. The number of aryl methyl sites for hydroxylation is 3. The van der Waals surface area contributed by atoms with Gasteiger partial charge in [0.2, 0.25) is 5.91 Å². The van der Waals surface area contributed by atoms with Crippen molar-refractivity contribution < 1.29 is 14.3 Å². The van der Waals surface area contributed by atoms with Crippen LogP contribution >= 0.6 is 0 Å². The minimum Gasteiger partial charge on any atom is -0.483 e. The van der Waals surface area contributed by atoms with E-state index in [1.54, 1.807) is 11.9 Å². The molecule has 3 aromatic carbocycles. The lowest BCUT2D eigenvalue weighted by Gasteiger charge is -2.31. The molecule has 0 unspecified atom stereocenters. The summed E-state index contributed by atoms with van der Waals surface area (Å²) in [6, 6.07) is 23.0. The number of amides is 2. The van der Waals surface area contributed by atoms with Gasteiger partial charge >= 0.3 is 0 Å². The van der Waals surface area contributed by atoms with E-state index in [4.69, 9.17) is 4.74 Å². The molecule has 0 heterocycles. The number of nitrogens with zero attached hydrogens (tertiary/aromatic N) is 1. The Labute approximate surface area is 196 Å². The molecular formula is C28H32N2O3. The highest BCUT2D eigenvalue weighted by atomic mass is 16.5. The molecule has 0 saturated heterocycles. The van der Waals surface area contributed by atoms with Crippen molar-refractivity contribution in [1.82, 2.24) is 10.2 Å². The summed E-state index contributed by atoms with van der Waals surface area (Å²) in [5, 5.41) is 2.73. The minimum atomic E-state index is -0.660. The fraction of sp³-hybridized carbons (Fsp3) is 0.286. The molecule has 5 nitrogen and oxygen atoms in total. The van der Waals surface area contributed by atoms with Gasteiger partial charge in [-0.3, -0.25) is 9.59 Å². The maximum atomic E-state index is 13.5. The molecule has 0 aliphatic heterocycles. The summed E-state index contributed by atoms with van der Waals surface area (Å²) < 4.78 is 5.91. The van der Waals surface area contributed by atoms with Gasteiger partial charge in [-0.2, -0.15) is 0 Å². The Kier molecular flexibility index (Phi) is 8.25. The molecule has 172 valence electrons. The van der Waals surface area contributed by atoms with E-state index < -0.39 is 6.04 Å². The second-order valence-electron chi connectivity index (χ2n) is 8.39. The smallest absolute Gasteiger partial charge is 0.261 e. The first kappa shape index (κ1) is 24.1. The second kappa shape index (κ2) is 11.3. The lowest BCUT2D eigenvalue weighted by atomic mass is 10.0. The average Bonchev–Trinajstić information content (AvgIpc) is 2.82. The molecule has 5 heteroatoms. The van der Waals surface area contributed by atoms with Crippen molar-refractivity contribution >= 4 is 11.8 Å².